The Labute approximate surface area is 113 Å². The van der Waals surface area contributed by atoms with Gasteiger partial charge in [0.05, 0.1) is 9.40 Å². The van der Waals surface area contributed by atoms with Gasteiger partial charge in [0, 0.05) is 12.2 Å². The van der Waals surface area contributed by atoms with E-state index in [1.54, 1.807) is 6.20 Å². The molecule has 0 aliphatic heterocycles. The monoisotopic (exact) mass is 311 g/mol. The molecule has 2 fully saturated rings. The van der Waals surface area contributed by atoms with Crippen LogP contribution in [-0.2, 0) is 0 Å². The van der Waals surface area contributed by atoms with E-state index in [-0.39, 0.29) is 10.6 Å². The van der Waals surface area contributed by atoms with Gasteiger partial charge < -0.3 is 5.32 Å². The molecule has 1 N–H and O–H groups in total. The second-order valence-corrected chi connectivity index (χ2v) is 6.05. The lowest BCUT2D eigenvalue weighted by Crippen LogP contribution is -2.26. The second-order valence-electron chi connectivity index (χ2n) is 5.20. The highest BCUT2D eigenvalue weighted by Crippen LogP contribution is 2.46. The van der Waals surface area contributed by atoms with Crippen molar-refractivity contribution in [1.82, 2.24) is 4.98 Å². The summed E-state index contributed by atoms with van der Waals surface area (Å²) in [5, 5.41) is 14.4. The smallest absolute Gasteiger partial charge is 0.311 e. The first-order valence-corrected chi connectivity index (χ1v) is 6.99. The SMILES string of the molecule is O=[N+]([O-])c1cncc(Br)c1NC1CC2CCC1C2. The Morgan fingerprint density at radius 1 is 1.39 bits per heavy atom. The van der Waals surface area contributed by atoms with Crippen LogP contribution < -0.4 is 5.32 Å². The molecule has 1 aromatic heterocycles. The third-order valence-corrected chi connectivity index (χ3v) is 4.75. The Hall–Kier alpha value is -1.17. The van der Waals surface area contributed by atoms with E-state index in [0.29, 0.717) is 22.1 Å². The summed E-state index contributed by atoms with van der Waals surface area (Å²) in [7, 11) is 0. The first kappa shape index (κ1) is 11.9. The Balaban J connectivity index is 1.86. The summed E-state index contributed by atoms with van der Waals surface area (Å²) in [4.78, 5) is 14.5. The fourth-order valence-corrected chi connectivity index (χ4v) is 3.75. The number of rotatable bonds is 3. The van der Waals surface area contributed by atoms with Gasteiger partial charge in [0.2, 0.25) is 0 Å². The maximum atomic E-state index is 11.0. The standard InChI is InChI=1S/C12H14BrN3O2/c13-9-5-14-6-11(16(17)18)12(9)15-10-4-7-1-2-8(10)3-7/h5-8,10H,1-4H2,(H,14,15). The van der Waals surface area contributed by atoms with Gasteiger partial charge in [-0.05, 0) is 47.0 Å². The van der Waals surface area contributed by atoms with Gasteiger partial charge in [-0.25, -0.2) is 0 Å². The third-order valence-electron chi connectivity index (χ3n) is 4.14. The number of halogens is 1. The van der Waals surface area contributed by atoms with Crippen LogP contribution in [0.4, 0.5) is 11.4 Å². The first-order chi connectivity index (χ1) is 8.65. The number of pyridine rings is 1. The molecule has 2 bridgehead atoms. The number of hydrogen-bond acceptors (Lipinski definition) is 4. The van der Waals surface area contributed by atoms with Gasteiger partial charge in [-0.1, -0.05) is 6.42 Å². The van der Waals surface area contributed by atoms with Gasteiger partial charge in [0.1, 0.15) is 11.9 Å². The van der Waals surface area contributed by atoms with Crippen molar-refractivity contribution in [3.63, 3.8) is 0 Å². The number of aromatic nitrogens is 1. The van der Waals surface area contributed by atoms with E-state index in [2.05, 4.69) is 26.2 Å². The van der Waals surface area contributed by atoms with Crippen LogP contribution in [0.5, 0.6) is 0 Å². The minimum absolute atomic E-state index is 0.0483. The summed E-state index contributed by atoms with van der Waals surface area (Å²) >= 11 is 3.35. The Bertz CT molecular complexity index is 494. The minimum atomic E-state index is -0.382. The molecule has 2 aliphatic rings. The zero-order chi connectivity index (χ0) is 12.7. The molecule has 1 heterocycles. The molecular formula is C12H14BrN3O2. The van der Waals surface area contributed by atoms with E-state index < -0.39 is 0 Å². The first-order valence-electron chi connectivity index (χ1n) is 6.19. The Morgan fingerprint density at radius 2 is 2.22 bits per heavy atom. The Morgan fingerprint density at radius 3 is 2.83 bits per heavy atom. The second kappa shape index (κ2) is 4.50. The lowest BCUT2D eigenvalue weighted by atomic mass is 9.95. The lowest BCUT2D eigenvalue weighted by Gasteiger charge is -2.24. The topological polar surface area (TPSA) is 68.1 Å². The molecule has 0 aromatic carbocycles. The summed E-state index contributed by atoms with van der Waals surface area (Å²) in [6, 6.07) is 0.376. The quantitative estimate of drug-likeness (QED) is 0.686. The van der Waals surface area contributed by atoms with E-state index in [0.717, 1.165) is 12.3 Å². The van der Waals surface area contributed by atoms with Crippen molar-refractivity contribution in [1.29, 1.82) is 0 Å². The summed E-state index contributed by atoms with van der Waals surface area (Å²) < 4.78 is 0.666. The van der Waals surface area contributed by atoms with Crippen LogP contribution in [0.2, 0.25) is 0 Å². The van der Waals surface area contributed by atoms with Crippen molar-refractivity contribution >= 4 is 27.3 Å². The summed E-state index contributed by atoms with van der Waals surface area (Å²) in [6.07, 6.45) is 7.88. The molecule has 3 rings (SSSR count). The van der Waals surface area contributed by atoms with Crippen molar-refractivity contribution in [3.8, 4) is 0 Å². The highest BCUT2D eigenvalue weighted by molar-refractivity contribution is 9.10. The fraction of sp³-hybridized carbons (Fsp3) is 0.583. The number of anilines is 1. The minimum Gasteiger partial charge on any atom is -0.375 e. The molecule has 0 radical (unpaired) electrons. The number of fused-ring (bicyclic) bond motifs is 2. The average Bonchev–Trinajstić information content (AvgIpc) is 2.93. The predicted octanol–water partition coefficient (Wildman–Crippen LogP) is 3.35. The largest absolute Gasteiger partial charge is 0.375 e. The van der Waals surface area contributed by atoms with Gasteiger partial charge in [0.15, 0.2) is 0 Å². The van der Waals surface area contributed by atoms with Crippen LogP contribution in [0.1, 0.15) is 25.7 Å². The molecule has 1 aromatic rings. The van der Waals surface area contributed by atoms with Crippen molar-refractivity contribution in [2.24, 2.45) is 11.8 Å². The zero-order valence-electron chi connectivity index (χ0n) is 9.80. The van der Waals surface area contributed by atoms with Gasteiger partial charge in [0.25, 0.3) is 0 Å². The molecule has 3 unspecified atom stereocenters. The highest BCUT2D eigenvalue weighted by Gasteiger charge is 2.40. The molecule has 96 valence electrons. The summed E-state index contributed by atoms with van der Waals surface area (Å²) in [5.74, 6) is 1.49. The molecule has 18 heavy (non-hydrogen) atoms. The van der Waals surface area contributed by atoms with Crippen LogP contribution in [0.15, 0.2) is 16.9 Å². The van der Waals surface area contributed by atoms with Crippen LogP contribution in [0, 0.1) is 22.0 Å². The van der Waals surface area contributed by atoms with Crippen molar-refractivity contribution < 1.29 is 4.92 Å². The van der Waals surface area contributed by atoms with E-state index >= 15 is 0 Å². The van der Waals surface area contributed by atoms with E-state index in [1.165, 1.54) is 25.5 Å². The van der Waals surface area contributed by atoms with E-state index in [9.17, 15) is 10.1 Å². The van der Waals surface area contributed by atoms with E-state index in [1.807, 2.05) is 0 Å². The van der Waals surface area contributed by atoms with Crippen LogP contribution in [0.3, 0.4) is 0 Å². The molecular weight excluding hydrogens is 298 g/mol. The van der Waals surface area contributed by atoms with Gasteiger partial charge in [-0.15, -0.1) is 0 Å². The van der Waals surface area contributed by atoms with Crippen LogP contribution in [0.25, 0.3) is 0 Å². The van der Waals surface area contributed by atoms with Crippen LogP contribution >= 0.6 is 15.9 Å². The highest BCUT2D eigenvalue weighted by atomic mass is 79.9. The molecule has 3 atom stereocenters. The van der Waals surface area contributed by atoms with Crippen molar-refractivity contribution in [3.05, 3.63) is 27.0 Å². The predicted molar refractivity (Wildman–Crippen MR) is 71.5 cm³/mol. The molecule has 5 nitrogen and oxygen atoms in total. The van der Waals surface area contributed by atoms with E-state index in [4.69, 9.17) is 0 Å². The summed E-state index contributed by atoms with van der Waals surface area (Å²) in [5.41, 5.74) is 0.625. The average molecular weight is 312 g/mol. The van der Waals surface area contributed by atoms with Crippen molar-refractivity contribution in [2.75, 3.05) is 5.32 Å². The summed E-state index contributed by atoms with van der Waals surface area (Å²) in [6.45, 7) is 0. The fourth-order valence-electron chi connectivity index (χ4n) is 3.31. The van der Waals surface area contributed by atoms with Gasteiger partial charge >= 0.3 is 5.69 Å². The van der Waals surface area contributed by atoms with Crippen LogP contribution in [-0.4, -0.2) is 15.9 Å². The number of hydrogen-bond donors (Lipinski definition) is 1. The Kier molecular flexibility index (Phi) is 2.97. The number of nitrogens with zero attached hydrogens (tertiary/aromatic N) is 2. The molecule has 0 saturated heterocycles. The molecule has 2 saturated carbocycles. The molecule has 2 aliphatic carbocycles. The van der Waals surface area contributed by atoms with Gasteiger partial charge in [-0.2, -0.15) is 0 Å². The number of nitrogens with one attached hydrogen (secondary N) is 1. The molecule has 0 spiro atoms. The van der Waals surface area contributed by atoms with Gasteiger partial charge in [-0.3, -0.25) is 15.1 Å². The van der Waals surface area contributed by atoms with Crippen molar-refractivity contribution in [2.45, 2.75) is 31.7 Å². The number of nitro groups is 1. The maximum Gasteiger partial charge on any atom is 0.311 e. The zero-order valence-corrected chi connectivity index (χ0v) is 11.4. The third kappa shape index (κ3) is 1.98. The normalized spacial score (nSPS) is 29.5. The molecule has 0 amide bonds. The lowest BCUT2D eigenvalue weighted by molar-refractivity contribution is -0.384. The molecule has 6 heteroatoms. The maximum absolute atomic E-state index is 11.0.